The van der Waals surface area contributed by atoms with Crippen LogP contribution in [0.15, 0.2) is 0 Å². The molecule has 0 aromatic rings. The molecule has 1 aliphatic carbocycles. The molecule has 0 saturated heterocycles. The van der Waals surface area contributed by atoms with Crippen molar-refractivity contribution in [3.8, 4) is 0 Å². The molecule has 0 heterocycles. The van der Waals surface area contributed by atoms with Crippen LogP contribution in [0.5, 0.6) is 0 Å². The van der Waals surface area contributed by atoms with Crippen LogP contribution < -0.4 is 16.0 Å². The van der Waals surface area contributed by atoms with Crippen LogP contribution in [0.25, 0.3) is 0 Å². The molecular formula is C13H23N3O4. The molecule has 1 rings (SSSR count). The summed E-state index contributed by atoms with van der Waals surface area (Å²) in [4.78, 5) is 34.4. The second kappa shape index (κ2) is 7.12. The second-order valence-electron chi connectivity index (χ2n) is 5.33. The smallest absolute Gasteiger partial charge is 0.329 e. The highest BCUT2D eigenvalue weighted by atomic mass is 16.4. The van der Waals surface area contributed by atoms with Gasteiger partial charge in [0.2, 0.25) is 5.91 Å². The average molecular weight is 285 g/mol. The molecule has 1 fully saturated rings. The van der Waals surface area contributed by atoms with Gasteiger partial charge in [-0.1, -0.05) is 6.92 Å². The molecule has 4 N–H and O–H groups in total. The Morgan fingerprint density at radius 3 is 2.30 bits per heavy atom. The summed E-state index contributed by atoms with van der Waals surface area (Å²) in [5.41, 5.74) is -1.21. The molecule has 7 heteroatoms. The fourth-order valence-electron chi connectivity index (χ4n) is 2.33. The number of carboxylic acids is 1. The van der Waals surface area contributed by atoms with E-state index in [-0.39, 0.29) is 12.5 Å². The molecule has 0 bridgehead atoms. The lowest BCUT2D eigenvalue weighted by atomic mass is 9.77. The molecule has 0 aromatic heterocycles. The van der Waals surface area contributed by atoms with Gasteiger partial charge in [-0.05, 0) is 38.5 Å². The Hall–Kier alpha value is -1.79. The standard InChI is InChI=1S/C13H23N3O4/c1-3-14-10(17)8-15-12(20)16-13(11(18)19)6-4-9(2)5-7-13/h9H,3-8H2,1-2H3,(H,14,17)(H,18,19)(H2,15,16,20). The number of carboxylic acid groups (broad SMARTS) is 1. The Kier molecular flexibility index (Phi) is 5.79. The van der Waals surface area contributed by atoms with Gasteiger partial charge in [0, 0.05) is 6.54 Å². The van der Waals surface area contributed by atoms with Crippen molar-refractivity contribution in [2.24, 2.45) is 5.92 Å². The van der Waals surface area contributed by atoms with Gasteiger partial charge in [-0.15, -0.1) is 0 Å². The SMILES string of the molecule is CCNC(=O)CNC(=O)NC1(C(=O)O)CCC(C)CC1. The van der Waals surface area contributed by atoms with Gasteiger partial charge in [-0.2, -0.15) is 0 Å². The highest BCUT2D eigenvalue weighted by Crippen LogP contribution is 2.32. The Balaban J connectivity index is 2.52. The van der Waals surface area contributed by atoms with E-state index in [0.717, 1.165) is 12.8 Å². The van der Waals surface area contributed by atoms with Gasteiger partial charge in [-0.25, -0.2) is 9.59 Å². The van der Waals surface area contributed by atoms with E-state index in [1.807, 2.05) is 0 Å². The molecule has 7 nitrogen and oxygen atoms in total. The summed E-state index contributed by atoms with van der Waals surface area (Å²) in [7, 11) is 0. The van der Waals surface area contributed by atoms with Gasteiger partial charge in [0.25, 0.3) is 0 Å². The van der Waals surface area contributed by atoms with Crippen LogP contribution in [-0.4, -0.2) is 41.6 Å². The van der Waals surface area contributed by atoms with E-state index in [0.29, 0.717) is 25.3 Å². The Bertz CT molecular complexity index is 376. The first-order chi connectivity index (χ1) is 9.39. The van der Waals surface area contributed by atoms with E-state index in [9.17, 15) is 19.5 Å². The number of amides is 3. The first kappa shape index (κ1) is 16.3. The highest BCUT2D eigenvalue weighted by Gasteiger charge is 2.42. The topological polar surface area (TPSA) is 108 Å². The van der Waals surface area contributed by atoms with Gasteiger partial charge in [0.05, 0.1) is 6.54 Å². The molecule has 0 spiro atoms. The van der Waals surface area contributed by atoms with E-state index >= 15 is 0 Å². The first-order valence-corrected chi connectivity index (χ1v) is 6.95. The number of nitrogens with one attached hydrogen (secondary N) is 3. The fraction of sp³-hybridized carbons (Fsp3) is 0.769. The molecular weight excluding hydrogens is 262 g/mol. The molecule has 0 aromatic carbocycles. The van der Waals surface area contributed by atoms with E-state index in [1.165, 1.54) is 0 Å². The minimum absolute atomic E-state index is 0.161. The summed E-state index contributed by atoms with van der Waals surface area (Å²) in [6.07, 6.45) is 2.36. The third kappa shape index (κ3) is 4.40. The molecule has 3 amide bonds. The monoisotopic (exact) mass is 285 g/mol. The van der Waals surface area contributed by atoms with Crippen molar-refractivity contribution < 1.29 is 19.5 Å². The van der Waals surface area contributed by atoms with Gasteiger partial charge in [-0.3, -0.25) is 4.79 Å². The summed E-state index contributed by atoms with van der Waals surface area (Å²) in [6.45, 7) is 4.17. The van der Waals surface area contributed by atoms with E-state index in [2.05, 4.69) is 22.9 Å². The maximum absolute atomic E-state index is 11.7. The van der Waals surface area contributed by atoms with Crippen LogP contribution >= 0.6 is 0 Å². The lowest BCUT2D eigenvalue weighted by Gasteiger charge is -2.36. The molecule has 114 valence electrons. The molecule has 0 atom stereocenters. The second-order valence-corrected chi connectivity index (χ2v) is 5.33. The fourth-order valence-corrected chi connectivity index (χ4v) is 2.33. The van der Waals surface area contributed by atoms with Gasteiger partial charge in [0.15, 0.2) is 0 Å². The normalized spacial score (nSPS) is 25.6. The number of urea groups is 1. The van der Waals surface area contributed by atoms with Crippen molar-refractivity contribution in [1.29, 1.82) is 0 Å². The zero-order valence-corrected chi connectivity index (χ0v) is 12.0. The minimum atomic E-state index is -1.21. The lowest BCUT2D eigenvalue weighted by Crippen LogP contribution is -2.59. The highest BCUT2D eigenvalue weighted by molar-refractivity contribution is 5.88. The molecule has 20 heavy (non-hydrogen) atoms. The number of carbonyl (C=O) groups is 3. The molecule has 0 aliphatic heterocycles. The number of aliphatic carboxylic acids is 1. The number of carbonyl (C=O) groups excluding carboxylic acids is 2. The summed E-state index contributed by atoms with van der Waals surface area (Å²) in [5.74, 6) is -0.843. The summed E-state index contributed by atoms with van der Waals surface area (Å²) < 4.78 is 0. The molecule has 0 radical (unpaired) electrons. The van der Waals surface area contributed by atoms with Crippen LogP contribution in [0.1, 0.15) is 39.5 Å². The van der Waals surface area contributed by atoms with E-state index < -0.39 is 17.5 Å². The van der Waals surface area contributed by atoms with Crippen LogP contribution in [0.2, 0.25) is 0 Å². The van der Waals surface area contributed by atoms with Crippen molar-refractivity contribution in [3.05, 3.63) is 0 Å². The van der Waals surface area contributed by atoms with Gasteiger partial charge < -0.3 is 21.1 Å². The predicted molar refractivity (Wildman–Crippen MR) is 73.2 cm³/mol. The zero-order chi connectivity index (χ0) is 15.2. The molecule has 1 aliphatic rings. The van der Waals surface area contributed by atoms with Gasteiger partial charge >= 0.3 is 12.0 Å². The van der Waals surface area contributed by atoms with Crippen molar-refractivity contribution in [3.63, 3.8) is 0 Å². The maximum atomic E-state index is 11.7. The predicted octanol–water partition coefficient (Wildman–Crippen LogP) is 0.455. The van der Waals surface area contributed by atoms with Crippen molar-refractivity contribution in [2.75, 3.05) is 13.1 Å². The lowest BCUT2D eigenvalue weighted by molar-refractivity contribution is -0.146. The molecule has 1 saturated carbocycles. The number of likely N-dealkylation sites (N-methyl/N-ethyl adjacent to an activating group) is 1. The average Bonchev–Trinajstić information content (AvgIpc) is 2.39. The summed E-state index contributed by atoms with van der Waals surface area (Å²) >= 11 is 0. The van der Waals surface area contributed by atoms with Crippen LogP contribution in [0, 0.1) is 5.92 Å². The largest absolute Gasteiger partial charge is 0.480 e. The summed E-state index contributed by atoms with van der Waals surface area (Å²) in [6, 6.07) is -0.617. The number of hydrogen-bond donors (Lipinski definition) is 4. The number of rotatable bonds is 5. The van der Waals surface area contributed by atoms with E-state index in [1.54, 1.807) is 6.92 Å². The summed E-state index contributed by atoms with van der Waals surface area (Å²) in [5, 5.41) is 16.8. The van der Waals surface area contributed by atoms with Crippen molar-refractivity contribution in [1.82, 2.24) is 16.0 Å². The van der Waals surface area contributed by atoms with Gasteiger partial charge in [0.1, 0.15) is 5.54 Å². The first-order valence-electron chi connectivity index (χ1n) is 6.95. The number of hydrogen-bond acceptors (Lipinski definition) is 3. The quantitative estimate of drug-likeness (QED) is 0.588. The molecule has 0 unspecified atom stereocenters. The maximum Gasteiger partial charge on any atom is 0.329 e. The zero-order valence-electron chi connectivity index (χ0n) is 12.0. The third-order valence-electron chi connectivity index (χ3n) is 3.67. The Morgan fingerprint density at radius 1 is 1.20 bits per heavy atom. The van der Waals surface area contributed by atoms with Crippen LogP contribution in [-0.2, 0) is 9.59 Å². The third-order valence-corrected chi connectivity index (χ3v) is 3.67. The van der Waals surface area contributed by atoms with Crippen LogP contribution in [0.3, 0.4) is 0 Å². The Morgan fingerprint density at radius 2 is 1.80 bits per heavy atom. The van der Waals surface area contributed by atoms with Crippen molar-refractivity contribution >= 4 is 17.9 Å². The van der Waals surface area contributed by atoms with E-state index in [4.69, 9.17) is 0 Å². The van der Waals surface area contributed by atoms with Crippen molar-refractivity contribution in [2.45, 2.75) is 45.1 Å². The minimum Gasteiger partial charge on any atom is -0.480 e. The van der Waals surface area contributed by atoms with Crippen LogP contribution in [0.4, 0.5) is 4.79 Å². The Labute approximate surface area is 118 Å².